The lowest BCUT2D eigenvalue weighted by atomic mass is 10.3. The fourth-order valence-electron chi connectivity index (χ4n) is 1.24. The van der Waals surface area contributed by atoms with E-state index in [1.807, 2.05) is 0 Å². The van der Waals surface area contributed by atoms with Crippen LogP contribution in [0, 0.1) is 0 Å². The maximum atomic E-state index is 11.7. The Balaban J connectivity index is 2.13. The molecule has 0 spiro atoms. The zero-order valence-corrected chi connectivity index (χ0v) is 8.53. The molecule has 0 aliphatic heterocycles. The van der Waals surface area contributed by atoms with Gasteiger partial charge >= 0.3 is 0 Å². The molecular weight excluding hydrogens is 202 g/mol. The van der Waals surface area contributed by atoms with Crippen LogP contribution in [0.2, 0.25) is 5.15 Å². The molecule has 5 heteroatoms. The summed E-state index contributed by atoms with van der Waals surface area (Å²) in [6, 6.07) is 3.55. The summed E-state index contributed by atoms with van der Waals surface area (Å²) in [5.41, 5.74) is 0.351. The minimum absolute atomic E-state index is 0.0864. The molecule has 1 amide bonds. The highest BCUT2D eigenvalue weighted by Crippen LogP contribution is 2.26. The Morgan fingerprint density at radius 1 is 1.50 bits per heavy atom. The van der Waals surface area contributed by atoms with E-state index in [2.05, 4.69) is 10.2 Å². The Morgan fingerprint density at radius 3 is 2.71 bits per heavy atom. The van der Waals surface area contributed by atoms with Crippen molar-refractivity contribution >= 4 is 17.5 Å². The number of carbonyl (C=O) groups excluding carboxylic acids is 1. The Morgan fingerprint density at radius 2 is 2.21 bits per heavy atom. The van der Waals surface area contributed by atoms with Crippen LogP contribution in [0.25, 0.3) is 0 Å². The van der Waals surface area contributed by atoms with Crippen molar-refractivity contribution in [1.82, 2.24) is 15.1 Å². The molecule has 0 saturated heterocycles. The molecule has 0 bridgehead atoms. The molecule has 0 radical (unpaired) electrons. The van der Waals surface area contributed by atoms with Gasteiger partial charge in [0.25, 0.3) is 5.91 Å². The maximum Gasteiger partial charge on any atom is 0.274 e. The SMILES string of the molecule is CN(C(=O)c1ccc(Cl)nn1)C1CC1. The average molecular weight is 212 g/mol. The molecule has 4 nitrogen and oxygen atoms in total. The molecule has 1 fully saturated rings. The van der Waals surface area contributed by atoms with Crippen molar-refractivity contribution in [3.05, 3.63) is 23.0 Å². The fourth-order valence-corrected chi connectivity index (χ4v) is 1.34. The first-order chi connectivity index (χ1) is 6.68. The third kappa shape index (κ3) is 1.85. The monoisotopic (exact) mass is 211 g/mol. The number of carbonyl (C=O) groups is 1. The van der Waals surface area contributed by atoms with Gasteiger partial charge in [-0.05, 0) is 25.0 Å². The van der Waals surface area contributed by atoms with E-state index in [1.54, 1.807) is 24.1 Å². The average Bonchev–Trinajstić information content (AvgIpc) is 3.00. The van der Waals surface area contributed by atoms with Crippen molar-refractivity contribution in [1.29, 1.82) is 0 Å². The van der Waals surface area contributed by atoms with Gasteiger partial charge in [0, 0.05) is 13.1 Å². The molecule has 0 N–H and O–H groups in total. The zero-order valence-electron chi connectivity index (χ0n) is 7.77. The molecule has 1 aliphatic rings. The van der Waals surface area contributed by atoms with Gasteiger partial charge in [0.1, 0.15) is 0 Å². The molecule has 0 aromatic carbocycles. The number of halogens is 1. The van der Waals surface area contributed by atoms with Crippen molar-refractivity contribution < 1.29 is 4.79 Å². The predicted molar refractivity (Wildman–Crippen MR) is 52.2 cm³/mol. The first-order valence-electron chi connectivity index (χ1n) is 4.45. The summed E-state index contributed by atoms with van der Waals surface area (Å²) in [6.45, 7) is 0. The van der Waals surface area contributed by atoms with E-state index in [0.29, 0.717) is 16.9 Å². The van der Waals surface area contributed by atoms with E-state index in [4.69, 9.17) is 11.6 Å². The molecule has 1 saturated carbocycles. The number of aromatic nitrogens is 2. The molecule has 1 heterocycles. The third-order valence-corrected chi connectivity index (χ3v) is 2.47. The minimum Gasteiger partial charge on any atom is -0.337 e. The number of hydrogen-bond acceptors (Lipinski definition) is 3. The zero-order chi connectivity index (χ0) is 10.1. The molecule has 74 valence electrons. The van der Waals surface area contributed by atoms with Gasteiger partial charge in [0.15, 0.2) is 10.8 Å². The second kappa shape index (κ2) is 3.53. The largest absolute Gasteiger partial charge is 0.337 e. The lowest BCUT2D eigenvalue weighted by Gasteiger charge is -2.14. The lowest BCUT2D eigenvalue weighted by Crippen LogP contribution is -2.29. The molecule has 2 rings (SSSR count). The molecule has 1 aromatic heterocycles. The lowest BCUT2D eigenvalue weighted by molar-refractivity contribution is 0.0778. The summed E-state index contributed by atoms with van der Waals surface area (Å²) in [5.74, 6) is -0.0864. The topological polar surface area (TPSA) is 46.1 Å². The summed E-state index contributed by atoms with van der Waals surface area (Å²) in [7, 11) is 1.79. The number of rotatable bonds is 2. The van der Waals surface area contributed by atoms with Crippen molar-refractivity contribution in [2.75, 3.05) is 7.05 Å². The number of hydrogen-bond donors (Lipinski definition) is 0. The van der Waals surface area contributed by atoms with Gasteiger partial charge < -0.3 is 4.90 Å². The normalized spacial score (nSPS) is 15.3. The molecular formula is C9H10ClN3O. The number of amides is 1. The van der Waals surface area contributed by atoms with Crippen LogP contribution in [-0.2, 0) is 0 Å². The van der Waals surface area contributed by atoms with E-state index in [9.17, 15) is 4.79 Å². The van der Waals surface area contributed by atoms with Crippen LogP contribution in [0.1, 0.15) is 23.3 Å². The maximum absolute atomic E-state index is 11.7. The van der Waals surface area contributed by atoms with Crippen molar-refractivity contribution in [2.24, 2.45) is 0 Å². The van der Waals surface area contributed by atoms with Crippen LogP contribution in [0.3, 0.4) is 0 Å². The number of nitrogens with zero attached hydrogens (tertiary/aromatic N) is 3. The Hall–Kier alpha value is -1.16. The highest BCUT2D eigenvalue weighted by atomic mass is 35.5. The first kappa shape index (κ1) is 9.40. The highest BCUT2D eigenvalue weighted by Gasteiger charge is 2.30. The van der Waals surface area contributed by atoms with Gasteiger partial charge in [-0.2, -0.15) is 0 Å². The van der Waals surface area contributed by atoms with Crippen LogP contribution in [0.5, 0.6) is 0 Å². The Bertz CT molecular complexity index is 348. The van der Waals surface area contributed by atoms with Crippen LogP contribution < -0.4 is 0 Å². The van der Waals surface area contributed by atoms with E-state index in [1.165, 1.54) is 0 Å². The van der Waals surface area contributed by atoms with E-state index in [-0.39, 0.29) is 5.91 Å². The predicted octanol–water partition coefficient (Wildman–Crippen LogP) is 1.36. The smallest absolute Gasteiger partial charge is 0.274 e. The van der Waals surface area contributed by atoms with Gasteiger partial charge in [-0.25, -0.2) is 0 Å². The standard InChI is InChI=1S/C9H10ClN3O/c1-13(6-2-3-6)9(14)7-4-5-8(10)12-11-7/h4-6H,2-3H2,1H3. The van der Waals surface area contributed by atoms with E-state index in [0.717, 1.165) is 12.8 Å². The Kier molecular flexibility index (Phi) is 2.37. The summed E-state index contributed by atoms with van der Waals surface area (Å²) in [5, 5.41) is 7.67. The summed E-state index contributed by atoms with van der Waals surface area (Å²) in [4.78, 5) is 13.4. The molecule has 1 aromatic rings. The summed E-state index contributed by atoms with van der Waals surface area (Å²) >= 11 is 5.57. The van der Waals surface area contributed by atoms with Crippen LogP contribution in [0.4, 0.5) is 0 Å². The van der Waals surface area contributed by atoms with Gasteiger partial charge in [0.2, 0.25) is 0 Å². The van der Waals surface area contributed by atoms with Crippen molar-refractivity contribution in [3.8, 4) is 0 Å². The molecule has 0 unspecified atom stereocenters. The quantitative estimate of drug-likeness (QED) is 0.742. The highest BCUT2D eigenvalue weighted by molar-refractivity contribution is 6.29. The van der Waals surface area contributed by atoms with Gasteiger partial charge in [-0.1, -0.05) is 11.6 Å². The Labute approximate surface area is 86.9 Å². The second-order valence-corrected chi connectivity index (χ2v) is 3.78. The van der Waals surface area contributed by atoms with Crippen molar-refractivity contribution in [3.63, 3.8) is 0 Å². The minimum atomic E-state index is -0.0864. The van der Waals surface area contributed by atoms with Crippen LogP contribution in [0.15, 0.2) is 12.1 Å². The van der Waals surface area contributed by atoms with Crippen LogP contribution >= 0.6 is 11.6 Å². The van der Waals surface area contributed by atoms with Gasteiger partial charge in [-0.15, -0.1) is 10.2 Å². The van der Waals surface area contributed by atoms with Gasteiger partial charge in [0.05, 0.1) is 0 Å². The first-order valence-corrected chi connectivity index (χ1v) is 4.82. The fraction of sp³-hybridized carbons (Fsp3) is 0.444. The van der Waals surface area contributed by atoms with E-state index < -0.39 is 0 Å². The molecule has 14 heavy (non-hydrogen) atoms. The summed E-state index contributed by atoms with van der Waals surface area (Å²) < 4.78 is 0. The van der Waals surface area contributed by atoms with E-state index >= 15 is 0 Å². The third-order valence-electron chi connectivity index (χ3n) is 2.27. The second-order valence-electron chi connectivity index (χ2n) is 3.39. The van der Waals surface area contributed by atoms with Crippen LogP contribution in [-0.4, -0.2) is 34.1 Å². The molecule has 0 atom stereocenters. The molecule has 1 aliphatic carbocycles. The van der Waals surface area contributed by atoms with Gasteiger partial charge in [-0.3, -0.25) is 4.79 Å². The summed E-state index contributed by atoms with van der Waals surface area (Å²) in [6.07, 6.45) is 2.17. The van der Waals surface area contributed by atoms with Crippen molar-refractivity contribution in [2.45, 2.75) is 18.9 Å².